The number of aliphatic hydroxyl groups excluding tert-OH is 2. The van der Waals surface area contributed by atoms with Gasteiger partial charge in [0.05, 0.1) is 37.1 Å². The summed E-state index contributed by atoms with van der Waals surface area (Å²) in [6.07, 6.45) is 10.1. The molecule has 0 aromatic heterocycles. The second-order valence-electron chi connectivity index (χ2n) is 8.15. The number of hydrogen-bond acceptors (Lipinski definition) is 5. The highest BCUT2D eigenvalue weighted by Gasteiger charge is 2.38. The zero-order valence-corrected chi connectivity index (χ0v) is 17.9. The van der Waals surface area contributed by atoms with Crippen LogP contribution in [0, 0.1) is 0 Å². The number of ether oxygens (including phenoxy) is 2. The predicted molar refractivity (Wildman–Crippen MR) is 109 cm³/mol. The standard InChI is InChI=1S/C22H42O6/c1-3-5-9-13-19-21(27-16-17(23)4-2)15-20(28-19)18(24)12-10-7-6-8-11-14-22(25)26/h17-21,23-24H,3-16H2,1-2H3,(H,25,26). The van der Waals surface area contributed by atoms with E-state index in [0.29, 0.717) is 25.9 Å². The minimum Gasteiger partial charge on any atom is -0.481 e. The van der Waals surface area contributed by atoms with Crippen molar-refractivity contribution >= 4 is 5.97 Å². The van der Waals surface area contributed by atoms with Crippen LogP contribution in [0.15, 0.2) is 0 Å². The van der Waals surface area contributed by atoms with Gasteiger partial charge in [-0.05, 0) is 25.7 Å². The minimum absolute atomic E-state index is 0.00581. The van der Waals surface area contributed by atoms with Gasteiger partial charge in [0.15, 0.2) is 0 Å². The molecule has 5 unspecified atom stereocenters. The molecule has 0 aliphatic carbocycles. The first-order chi connectivity index (χ1) is 13.5. The van der Waals surface area contributed by atoms with Crippen molar-refractivity contribution in [2.24, 2.45) is 0 Å². The van der Waals surface area contributed by atoms with Crippen molar-refractivity contribution in [2.75, 3.05) is 6.61 Å². The number of unbranched alkanes of at least 4 members (excludes halogenated alkanes) is 6. The van der Waals surface area contributed by atoms with Gasteiger partial charge < -0.3 is 24.8 Å². The maximum absolute atomic E-state index is 10.5. The van der Waals surface area contributed by atoms with Crippen LogP contribution in [-0.2, 0) is 14.3 Å². The third-order valence-corrected chi connectivity index (χ3v) is 5.61. The van der Waals surface area contributed by atoms with E-state index in [1.54, 1.807) is 0 Å². The highest BCUT2D eigenvalue weighted by atomic mass is 16.6. The quantitative estimate of drug-likeness (QED) is 0.318. The van der Waals surface area contributed by atoms with Gasteiger partial charge in [0.2, 0.25) is 0 Å². The third-order valence-electron chi connectivity index (χ3n) is 5.61. The Labute approximate surface area is 170 Å². The second-order valence-corrected chi connectivity index (χ2v) is 8.15. The SMILES string of the molecule is CCCCCC1OC(C(O)CCCCCCCC(=O)O)CC1OCC(O)CC. The van der Waals surface area contributed by atoms with Crippen molar-refractivity contribution in [3.8, 4) is 0 Å². The van der Waals surface area contributed by atoms with Gasteiger partial charge in [0.25, 0.3) is 0 Å². The summed E-state index contributed by atoms with van der Waals surface area (Å²) in [5.74, 6) is -0.731. The van der Waals surface area contributed by atoms with E-state index in [9.17, 15) is 15.0 Å². The lowest BCUT2D eigenvalue weighted by molar-refractivity contribution is -0.137. The third kappa shape index (κ3) is 10.7. The number of carboxylic acid groups (broad SMARTS) is 1. The molecular formula is C22H42O6. The largest absolute Gasteiger partial charge is 0.481 e. The molecule has 0 radical (unpaired) electrons. The Morgan fingerprint density at radius 2 is 1.79 bits per heavy atom. The molecule has 1 saturated heterocycles. The molecule has 0 aromatic carbocycles. The molecule has 0 saturated carbocycles. The molecule has 0 bridgehead atoms. The van der Waals surface area contributed by atoms with E-state index in [-0.39, 0.29) is 24.7 Å². The molecule has 1 aliphatic rings. The fraction of sp³-hybridized carbons (Fsp3) is 0.955. The van der Waals surface area contributed by atoms with Crippen molar-refractivity contribution in [3.05, 3.63) is 0 Å². The lowest BCUT2D eigenvalue weighted by atomic mass is 10.00. The Balaban J connectivity index is 2.32. The molecule has 0 aromatic rings. The van der Waals surface area contributed by atoms with Crippen molar-refractivity contribution < 1.29 is 29.6 Å². The molecule has 1 fully saturated rings. The van der Waals surface area contributed by atoms with Gasteiger partial charge in [-0.2, -0.15) is 0 Å². The molecule has 6 heteroatoms. The number of carboxylic acids is 1. The van der Waals surface area contributed by atoms with Crippen LogP contribution >= 0.6 is 0 Å². The molecule has 3 N–H and O–H groups in total. The topological polar surface area (TPSA) is 96.2 Å². The minimum atomic E-state index is -0.731. The molecular weight excluding hydrogens is 360 g/mol. The molecule has 1 rings (SSSR count). The highest BCUT2D eigenvalue weighted by molar-refractivity contribution is 5.66. The molecule has 5 atom stereocenters. The van der Waals surface area contributed by atoms with Gasteiger partial charge >= 0.3 is 5.97 Å². The summed E-state index contributed by atoms with van der Waals surface area (Å²) in [5, 5.41) is 29.0. The normalized spacial score (nSPS) is 24.4. The molecule has 1 aliphatic heterocycles. The summed E-state index contributed by atoms with van der Waals surface area (Å²) < 4.78 is 12.1. The number of hydrogen-bond donors (Lipinski definition) is 3. The summed E-state index contributed by atoms with van der Waals surface area (Å²) in [7, 11) is 0. The van der Waals surface area contributed by atoms with Gasteiger partial charge in [-0.25, -0.2) is 0 Å². The van der Waals surface area contributed by atoms with E-state index in [4.69, 9.17) is 14.6 Å². The number of aliphatic hydroxyl groups is 2. The summed E-state index contributed by atoms with van der Waals surface area (Å²) in [6, 6.07) is 0. The zero-order chi connectivity index (χ0) is 20.8. The summed E-state index contributed by atoms with van der Waals surface area (Å²) >= 11 is 0. The summed E-state index contributed by atoms with van der Waals surface area (Å²) in [5.41, 5.74) is 0. The van der Waals surface area contributed by atoms with E-state index < -0.39 is 18.2 Å². The van der Waals surface area contributed by atoms with E-state index >= 15 is 0 Å². The Bertz CT molecular complexity index is 402. The monoisotopic (exact) mass is 402 g/mol. The lowest BCUT2D eigenvalue weighted by Gasteiger charge is -2.20. The van der Waals surface area contributed by atoms with Gasteiger partial charge in [0.1, 0.15) is 0 Å². The second kappa shape index (κ2) is 15.2. The first-order valence-corrected chi connectivity index (χ1v) is 11.3. The average molecular weight is 403 g/mol. The van der Waals surface area contributed by atoms with E-state index in [1.807, 2.05) is 6.92 Å². The number of aliphatic carboxylic acids is 1. The van der Waals surface area contributed by atoms with Crippen LogP contribution < -0.4 is 0 Å². The van der Waals surface area contributed by atoms with Crippen molar-refractivity contribution in [2.45, 2.75) is 128 Å². The van der Waals surface area contributed by atoms with Crippen LogP contribution in [0.2, 0.25) is 0 Å². The molecule has 1 heterocycles. The van der Waals surface area contributed by atoms with E-state index in [2.05, 4.69) is 6.92 Å². The molecule has 6 nitrogen and oxygen atoms in total. The molecule has 28 heavy (non-hydrogen) atoms. The fourth-order valence-corrected chi connectivity index (χ4v) is 3.72. The van der Waals surface area contributed by atoms with Crippen molar-refractivity contribution in [1.29, 1.82) is 0 Å². The highest BCUT2D eigenvalue weighted by Crippen LogP contribution is 2.30. The summed E-state index contributed by atoms with van der Waals surface area (Å²) in [6.45, 7) is 4.44. The van der Waals surface area contributed by atoms with E-state index in [0.717, 1.165) is 51.4 Å². The van der Waals surface area contributed by atoms with Gasteiger partial charge in [-0.15, -0.1) is 0 Å². The zero-order valence-electron chi connectivity index (χ0n) is 17.9. The van der Waals surface area contributed by atoms with Crippen LogP contribution in [0.1, 0.15) is 97.3 Å². The number of carbonyl (C=O) groups is 1. The molecule has 0 amide bonds. The van der Waals surface area contributed by atoms with Crippen LogP contribution in [0.3, 0.4) is 0 Å². The lowest BCUT2D eigenvalue weighted by Crippen LogP contribution is -2.28. The Hall–Kier alpha value is -0.690. The van der Waals surface area contributed by atoms with Crippen molar-refractivity contribution in [1.82, 2.24) is 0 Å². The average Bonchev–Trinajstić information content (AvgIpc) is 3.08. The first-order valence-electron chi connectivity index (χ1n) is 11.3. The Morgan fingerprint density at radius 3 is 2.46 bits per heavy atom. The van der Waals surface area contributed by atoms with Gasteiger partial charge in [-0.1, -0.05) is 58.8 Å². The Morgan fingerprint density at radius 1 is 1.07 bits per heavy atom. The van der Waals surface area contributed by atoms with Crippen LogP contribution in [0.4, 0.5) is 0 Å². The maximum atomic E-state index is 10.5. The van der Waals surface area contributed by atoms with Crippen molar-refractivity contribution in [3.63, 3.8) is 0 Å². The first kappa shape index (κ1) is 25.3. The van der Waals surface area contributed by atoms with Gasteiger partial charge in [-0.3, -0.25) is 4.79 Å². The van der Waals surface area contributed by atoms with Gasteiger partial charge in [0, 0.05) is 12.8 Å². The molecule has 0 spiro atoms. The fourth-order valence-electron chi connectivity index (χ4n) is 3.72. The number of rotatable bonds is 17. The smallest absolute Gasteiger partial charge is 0.303 e. The predicted octanol–water partition coefficient (Wildman–Crippen LogP) is 4.06. The van der Waals surface area contributed by atoms with Crippen LogP contribution in [-0.4, -0.2) is 58.4 Å². The Kier molecular flexibility index (Phi) is 13.8. The van der Waals surface area contributed by atoms with Crippen LogP contribution in [0.25, 0.3) is 0 Å². The maximum Gasteiger partial charge on any atom is 0.303 e. The van der Waals surface area contributed by atoms with Crippen LogP contribution in [0.5, 0.6) is 0 Å². The van der Waals surface area contributed by atoms with E-state index in [1.165, 1.54) is 6.42 Å². The molecule has 166 valence electrons. The summed E-state index contributed by atoms with van der Waals surface area (Å²) in [4.78, 5) is 10.5.